The summed E-state index contributed by atoms with van der Waals surface area (Å²) >= 11 is 0. The van der Waals surface area contributed by atoms with Crippen LogP contribution in [0.4, 0.5) is 5.69 Å². The van der Waals surface area contributed by atoms with Gasteiger partial charge in [-0.15, -0.1) is 5.10 Å². The van der Waals surface area contributed by atoms with Crippen molar-refractivity contribution in [3.05, 3.63) is 18.2 Å². The van der Waals surface area contributed by atoms with Crippen LogP contribution in [0.5, 0.6) is 5.75 Å². The van der Waals surface area contributed by atoms with Crippen molar-refractivity contribution >= 4 is 5.69 Å². The highest BCUT2D eigenvalue weighted by molar-refractivity contribution is 5.66. The first-order valence-corrected chi connectivity index (χ1v) is 7.48. The maximum absolute atomic E-state index is 6.01. The lowest BCUT2D eigenvalue weighted by Gasteiger charge is -2.13. The molecule has 1 aromatic heterocycles. The third-order valence-electron chi connectivity index (χ3n) is 3.69. The Balaban J connectivity index is 2.26. The van der Waals surface area contributed by atoms with Crippen molar-refractivity contribution in [2.24, 2.45) is 5.92 Å². The van der Waals surface area contributed by atoms with Gasteiger partial charge in [-0.25, -0.2) is 4.68 Å². The summed E-state index contributed by atoms with van der Waals surface area (Å²) in [7, 11) is 0. The Kier molecular flexibility index (Phi) is 5.14. The molecule has 2 rings (SSSR count). The molecule has 114 valence electrons. The standard InChI is InChI=1S/C15H23N5O/c1-4-11(5-2)10-20-15(17-18-19-20)12-7-8-14(21-6-3)13(16)9-12/h7-9,11H,4-6,10,16H2,1-3H3. The van der Waals surface area contributed by atoms with Gasteiger partial charge in [0.2, 0.25) is 0 Å². The van der Waals surface area contributed by atoms with Crippen molar-refractivity contribution < 1.29 is 4.74 Å². The summed E-state index contributed by atoms with van der Waals surface area (Å²) in [5.41, 5.74) is 7.53. The Morgan fingerprint density at radius 3 is 2.62 bits per heavy atom. The molecule has 6 heteroatoms. The summed E-state index contributed by atoms with van der Waals surface area (Å²) in [5, 5.41) is 12.0. The quantitative estimate of drug-likeness (QED) is 0.793. The minimum Gasteiger partial charge on any atom is -0.492 e. The van der Waals surface area contributed by atoms with Gasteiger partial charge in [0.05, 0.1) is 12.3 Å². The lowest BCUT2D eigenvalue weighted by Crippen LogP contribution is -2.12. The number of tetrazole rings is 1. The van der Waals surface area contributed by atoms with Crippen molar-refractivity contribution in [2.45, 2.75) is 40.2 Å². The summed E-state index contributed by atoms with van der Waals surface area (Å²) in [5.74, 6) is 2.02. The molecule has 0 fully saturated rings. The zero-order valence-electron chi connectivity index (χ0n) is 12.9. The minimum absolute atomic E-state index is 0.576. The molecule has 6 nitrogen and oxygen atoms in total. The Labute approximate surface area is 125 Å². The highest BCUT2D eigenvalue weighted by Gasteiger charge is 2.14. The van der Waals surface area contributed by atoms with Crippen LogP contribution in [-0.2, 0) is 6.54 Å². The van der Waals surface area contributed by atoms with E-state index < -0.39 is 0 Å². The van der Waals surface area contributed by atoms with E-state index in [0.717, 1.165) is 30.8 Å². The van der Waals surface area contributed by atoms with E-state index in [-0.39, 0.29) is 0 Å². The van der Waals surface area contributed by atoms with E-state index in [1.165, 1.54) is 0 Å². The number of benzene rings is 1. The molecule has 0 spiro atoms. The molecule has 0 unspecified atom stereocenters. The molecule has 0 aliphatic heterocycles. The largest absolute Gasteiger partial charge is 0.492 e. The summed E-state index contributed by atoms with van der Waals surface area (Å²) in [6.45, 7) is 7.72. The molecule has 0 bridgehead atoms. The maximum atomic E-state index is 6.01. The fourth-order valence-electron chi connectivity index (χ4n) is 2.30. The van der Waals surface area contributed by atoms with Crippen LogP contribution in [-0.4, -0.2) is 26.8 Å². The second-order valence-corrected chi connectivity index (χ2v) is 5.05. The minimum atomic E-state index is 0.576. The van der Waals surface area contributed by atoms with Gasteiger partial charge in [0.1, 0.15) is 5.75 Å². The fraction of sp³-hybridized carbons (Fsp3) is 0.533. The van der Waals surface area contributed by atoms with Crippen LogP contribution in [0.15, 0.2) is 18.2 Å². The van der Waals surface area contributed by atoms with E-state index >= 15 is 0 Å². The molecule has 2 aromatic rings. The number of anilines is 1. The molecule has 21 heavy (non-hydrogen) atoms. The molecule has 1 aromatic carbocycles. The van der Waals surface area contributed by atoms with E-state index in [9.17, 15) is 0 Å². The molecule has 0 aliphatic rings. The molecule has 1 heterocycles. The molecule has 0 atom stereocenters. The van der Waals surface area contributed by atoms with E-state index in [1.807, 2.05) is 29.8 Å². The molecule has 0 saturated heterocycles. The average Bonchev–Trinajstić information content (AvgIpc) is 2.95. The third-order valence-corrected chi connectivity index (χ3v) is 3.69. The van der Waals surface area contributed by atoms with E-state index in [0.29, 0.717) is 24.0 Å². The highest BCUT2D eigenvalue weighted by Crippen LogP contribution is 2.27. The number of nitrogen functional groups attached to an aromatic ring is 1. The van der Waals surface area contributed by atoms with Crippen LogP contribution in [0, 0.1) is 5.92 Å². The van der Waals surface area contributed by atoms with Gasteiger partial charge in [0.15, 0.2) is 5.82 Å². The lowest BCUT2D eigenvalue weighted by atomic mass is 10.0. The molecule has 2 N–H and O–H groups in total. The van der Waals surface area contributed by atoms with Crippen molar-refractivity contribution in [3.63, 3.8) is 0 Å². The number of aromatic nitrogens is 4. The number of hydrogen-bond donors (Lipinski definition) is 1. The predicted octanol–water partition coefficient (Wildman–Crippen LogP) is 2.76. The van der Waals surface area contributed by atoms with E-state index in [4.69, 9.17) is 10.5 Å². The van der Waals surface area contributed by atoms with Crippen LogP contribution in [0.25, 0.3) is 11.4 Å². The monoisotopic (exact) mass is 289 g/mol. The van der Waals surface area contributed by atoms with Crippen LogP contribution in [0.1, 0.15) is 33.6 Å². The third kappa shape index (κ3) is 3.51. The number of rotatable bonds is 7. The summed E-state index contributed by atoms with van der Waals surface area (Å²) < 4.78 is 7.31. The fourth-order valence-corrected chi connectivity index (χ4v) is 2.30. The molecular weight excluding hydrogens is 266 g/mol. The summed E-state index contributed by atoms with van der Waals surface area (Å²) in [4.78, 5) is 0. The summed E-state index contributed by atoms with van der Waals surface area (Å²) in [6.07, 6.45) is 2.22. The molecule has 0 aliphatic carbocycles. The zero-order valence-corrected chi connectivity index (χ0v) is 12.9. The Bertz CT molecular complexity index is 577. The first-order chi connectivity index (χ1) is 10.2. The Hall–Kier alpha value is -2.11. The van der Waals surface area contributed by atoms with Gasteiger partial charge in [-0.2, -0.15) is 0 Å². The predicted molar refractivity (Wildman–Crippen MR) is 82.9 cm³/mol. The number of nitrogens with two attached hydrogens (primary N) is 1. The van der Waals surface area contributed by atoms with E-state index in [1.54, 1.807) is 0 Å². The van der Waals surface area contributed by atoms with E-state index in [2.05, 4.69) is 29.4 Å². The number of hydrogen-bond acceptors (Lipinski definition) is 5. The summed E-state index contributed by atoms with van der Waals surface area (Å²) in [6, 6.07) is 5.67. The second-order valence-electron chi connectivity index (χ2n) is 5.05. The van der Waals surface area contributed by atoms with Gasteiger partial charge in [-0.05, 0) is 41.5 Å². The molecule has 0 radical (unpaired) electrons. The van der Waals surface area contributed by atoms with Gasteiger partial charge in [0, 0.05) is 12.1 Å². The van der Waals surface area contributed by atoms with Crippen molar-refractivity contribution in [2.75, 3.05) is 12.3 Å². The van der Waals surface area contributed by atoms with Crippen LogP contribution in [0.3, 0.4) is 0 Å². The first kappa shape index (κ1) is 15.3. The van der Waals surface area contributed by atoms with Gasteiger partial charge >= 0.3 is 0 Å². The van der Waals surface area contributed by atoms with Crippen molar-refractivity contribution in [1.82, 2.24) is 20.2 Å². The van der Waals surface area contributed by atoms with Gasteiger partial charge < -0.3 is 10.5 Å². The topological polar surface area (TPSA) is 78.9 Å². The maximum Gasteiger partial charge on any atom is 0.182 e. The zero-order chi connectivity index (χ0) is 15.2. The SMILES string of the molecule is CCOc1ccc(-c2nnnn2CC(CC)CC)cc1N. The van der Waals surface area contributed by atoms with Gasteiger partial charge in [0.25, 0.3) is 0 Å². The number of ether oxygens (including phenoxy) is 1. The Morgan fingerprint density at radius 1 is 1.24 bits per heavy atom. The molecular formula is C15H23N5O. The molecule has 0 saturated carbocycles. The van der Waals surface area contributed by atoms with Crippen molar-refractivity contribution in [3.8, 4) is 17.1 Å². The normalized spacial score (nSPS) is 11.0. The van der Waals surface area contributed by atoms with Crippen LogP contribution in [0.2, 0.25) is 0 Å². The smallest absolute Gasteiger partial charge is 0.182 e. The van der Waals surface area contributed by atoms with Crippen molar-refractivity contribution in [1.29, 1.82) is 0 Å². The lowest BCUT2D eigenvalue weighted by molar-refractivity contribution is 0.342. The van der Waals surface area contributed by atoms with Gasteiger partial charge in [-0.3, -0.25) is 0 Å². The molecule has 0 amide bonds. The Morgan fingerprint density at radius 2 is 2.00 bits per heavy atom. The average molecular weight is 289 g/mol. The second kappa shape index (κ2) is 7.06. The first-order valence-electron chi connectivity index (χ1n) is 7.48. The number of nitrogens with zero attached hydrogens (tertiary/aromatic N) is 4. The van der Waals surface area contributed by atoms with Crippen LogP contribution < -0.4 is 10.5 Å². The van der Waals surface area contributed by atoms with Gasteiger partial charge in [-0.1, -0.05) is 26.7 Å². The highest BCUT2D eigenvalue weighted by atomic mass is 16.5. The van der Waals surface area contributed by atoms with Crippen LogP contribution >= 0.6 is 0 Å².